The second-order valence-corrected chi connectivity index (χ2v) is 3.52. The third kappa shape index (κ3) is 1.99. The third-order valence-electron chi connectivity index (χ3n) is 2.48. The fourth-order valence-corrected chi connectivity index (χ4v) is 1.55. The molecule has 1 N–H and O–H groups in total. The summed E-state index contributed by atoms with van der Waals surface area (Å²) in [6, 6.07) is 7.17. The summed E-state index contributed by atoms with van der Waals surface area (Å²) in [7, 11) is 1.58. The standard InChI is InChI=1S/C12H11NO4/c1-7-10(13-17-11(7)12(14)15)8-3-5-9(16-2)6-4-8/h3-6H,1-2H3,(H,14,15). The van der Waals surface area contributed by atoms with Crippen LogP contribution in [0.5, 0.6) is 5.75 Å². The molecular weight excluding hydrogens is 222 g/mol. The highest BCUT2D eigenvalue weighted by Crippen LogP contribution is 2.26. The second-order valence-electron chi connectivity index (χ2n) is 3.52. The van der Waals surface area contributed by atoms with E-state index in [2.05, 4.69) is 5.16 Å². The molecule has 0 unspecified atom stereocenters. The summed E-state index contributed by atoms with van der Waals surface area (Å²) in [5, 5.41) is 12.6. The van der Waals surface area contributed by atoms with Gasteiger partial charge in [-0.2, -0.15) is 0 Å². The van der Waals surface area contributed by atoms with E-state index in [0.29, 0.717) is 11.3 Å². The Morgan fingerprint density at radius 1 is 1.35 bits per heavy atom. The van der Waals surface area contributed by atoms with Gasteiger partial charge in [-0.15, -0.1) is 0 Å². The maximum absolute atomic E-state index is 10.8. The normalized spacial score (nSPS) is 10.2. The van der Waals surface area contributed by atoms with Gasteiger partial charge in [-0.1, -0.05) is 5.16 Å². The van der Waals surface area contributed by atoms with Crippen LogP contribution in [0.25, 0.3) is 11.3 Å². The lowest BCUT2D eigenvalue weighted by molar-refractivity contribution is 0.0651. The van der Waals surface area contributed by atoms with Gasteiger partial charge in [0.05, 0.1) is 7.11 Å². The minimum Gasteiger partial charge on any atom is -0.497 e. The molecule has 0 radical (unpaired) electrons. The van der Waals surface area contributed by atoms with Crippen LogP contribution in [0.15, 0.2) is 28.8 Å². The van der Waals surface area contributed by atoms with E-state index in [9.17, 15) is 4.79 Å². The summed E-state index contributed by atoms with van der Waals surface area (Å²) in [6.45, 7) is 1.67. The minimum absolute atomic E-state index is 0.129. The van der Waals surface area contributed by atoms with Gasteiger partial charge in [0.1, 0.15) is 11.4 Å². The third-order valence-corrected chi connectivity index (χ3v) is 2.48. The number of nitrogens with zero attached hydrogens (tertiary/aromatic N) is 1. The predicted octanol–water partition coefficient (Wildman–Crippen LogP) is 2.36. The minimum atomic E-state index is -1.12. The van der Waals surface area contributed by atoms with Crippen molar-refractivity contribution in [1.82, 2.24) is 5.16 Å². The first-order chi connectivity index (χ1) is 8.13. The summed E-state index contributed by atoms with van der Waals surface area (Å²) in [5.41, 5.74) is 1.84. The number of hydrogen-bond acceptors (Lipinski definition) is 4. The van der Waals surface area contributed by atoms with E-state index in [-0.39, 0.29) is 5.76 Å². The Morgan fingerprint density at radius 3 is 2.47 bits per heavy atom. The number of methoxy groups -OCH3 is 1. The van der Waals surface area contributed by atoms with Gasteiger partial charge in [-0.05, 0) is 31.2 Å². The van der Waals surface area contributed by atoms with Gasteiger partial charge in [-0.3, -0.25) is 0 Å². The number of hydrogen-bond donors (Lipinski definition) is 1. The number of carboxylic acid groups (broad SMARTS) is 1. The Bertz CT molecular complexity index is 542. The van der Waals surface area contributed by atoms with Crippen molar-refractivity contribution in [2.45, 2.75) is 6.92 Å². The molecule has 0 aliphatic carbocycles. The summed E-state index contributed by atoms with van der Waals surface area (Å²) >= 11 is 0. The lowest BCUT2D eigenvalue weighted by Gasteiger charge is -2.00. The van der Waals surface area contributed by atoms with Crippen LogP contribution < -0.4 is 4.74 Å². The molecule has 0 aliphatic heterocycles. The van der Waals surface area contributed by atoms with Gasteiger partial charge in [0.15, 0.2) is 0 Å². The van der Waals surface area contributed by atoms with Crippen LogP contribution in [0.1, 0.15) is 16.1 Å². The molecule has 1 aromatic carbocycles. The van der Waals surface area contributed by atoms with Crippen molar-refractivity contribution < 1.29 is 19.2 Å². The summed E-state index contributed by atoms with van der Waals surface area (Å²) < 4.78 is 9.83. The zero-order chi connectivity index (χ0) is 12.4. The first kappa shape index (κ1) is 11.2. The molecule has 0 bridgehead atoms. The molecule has 1 heterocycles. The van der Waals surface area contributed by atoms with Crippen LogP contribution in [-0.2, 0) is 0 Å². The second kappa shape index (κ2) is 4.29. The highest BCUT2D eigenvalue weighted by molar-refractivity contribution is 5.88. The summed E-state index contributed by atoms with van der Waals surface area (Å²) in [5.74, 6) is -0.515. The van der Waals surface area contributed by atoms with Crippen molar-refractivity contribution in [3.8, 4) is 17.0 Å². The zero-order valence-electron chi connectivity index (χ0n) is 9.43. The van der Waals surface area contributed by atoms with Crippen molar-refractivity contribution in [2.75, 3.05) is 7.11 Å². The maximum Gasteiger partial charge on any atom is 0.375 e. The molecule has 0 fully saturated rings. The Morgan fingerprint density at radius 2 is 2.00 bits per heavy atom. The summed E-state index contributed by atoms with van der Waals surface area (Å²) in [6.07, 6.45) is 0. The van der Waals surface area contributed by atoms with Gasteiger partial charge < -0.3 is 14.4 Å². The van der Waals surface area contributed by atoms with Crippen molar-refractivity contribution in [3.63, 3.8) is 0 Å². The SMILES string of the molecule is COc1ccc(-c2noc(C(=O)O)c2C)cc1. The van der Waals surface area contributed by atoms with Crippen LogP contribution in [0.4, 0.5) is 0 Å². The molecule has 88 valence electrons. The predicted molar refractivity (Wildman–Crippen MR) is 60.2 cm³/mol. The average molecular weight is 233 g/mol. The molecule has 17 heavy (non-hydrogen) atoms. The summed E-state index contributed by atoms with van der Waals surface area (Å²) in [4.78, 5) is 10.8. The number of rotatable bonds is 3. The Hall–Kier alpha value is -2.30. The lowest BCUT2D eigenvalue weighted by atomic mass is 10.1. The largest absolute Gasteiger partial charge is 0.497 e. The van der Waals surface area contributed by atoms with Crippen molar-refractivity contribution in [2.24, 2.45) is 0 Å². The Kier molecular flexibility index (Phi) is 2.82. The zero-order valence-corrected chi connectivity index (χ0v) is 9.43. The molecule has 0 saturated heterocycles. The van der Waals surface area contributed by atoms with Crippen LogP contribution in [0.3, 0.4) is 0 Å². The number of ether oxygens (including phenoxy) is 1. The maximum atomic E-state index is 10.8. The molecule has 0 saturated carbocycles. The van der Waals surface area contributed by atoms with E-state index in [1.807, 2.05) is 0 Å². The molecule has 0 amide bonds. The molecule has 5 nitrogen and oxygen atoms in total. The molecule has 1 aromatic heterocycles. The average Bonchev–Trinajstić information content (AvgIpc) is 2.71. The lowest BCUT2D eigenvalue weighted by Crippen LogP contribution is -1.95. The first-order valence-corrected chi connectivity index (χ1v) is 4.97. The van der Waals surface area contributed by atoms with Crippen LogP contribution >= 0.6 is 0 Å². The number of aromatic nitrogens is 1. The molecular formula is C12H11NO4. The molecule has 5 heteroatoms. The molecule has 0 spiro atoms. The number of carbonyl (C=O) groups is 1. The van der Waals surface area contributed by atoms with E-state index in [1.165, 1.54) is 0 Å². The highest BCUT2D eigenvalue weighted by Gasteiger charge is 2.18. The van der Waals surface area contributed by atoms with Crippen molar-refractivity contribution in [3.05, 3.63) is 35.6 Å². The number of benzene rings is 1. The topological polar surface area (TPSA) is 72.6 Å². The Labute approximate surface area is 97.6 Å². The van der Waals surface area contributed by atoms with Gasteiger partial charge in [-0.25, -0.2) is 4.79 Å². The van der Waals surface area contributed by atoms with Crippen LogP contribution in [0, 0.1) is 6.92 Å². The fourth-order valence-electron chi connectivity index (χ4n) is 1.55. The van der Waals surface area contributed by atoms with E-state index in [4.69, 9.17) is 14.4 Å². The van der Waals surface area contributed by atoms with Gasteiger partial charge >= 0.3 is 5.97 Å². The Balaban J connectivity index is 2.42. The van der Waals surface area contributed by atoms with E-state index < -0.39 is 5.97 Å². The number of aromatic carboxylic acids is 1. The van der Waals surface area contributed by atoms with Gasteiger partial charge in [0.25, 0.3) is 0 Å². The monoisotopic (exact) mass is 233 g/mol. The van der Waals surface area contributed by atoms with E-state index in [1.54, 1.807) is 38.3 Å². The quantitative estimate of drug-likeness (QED) is 0.880. The fraction of sp³-hybridized carbons (Fsp3) is 0.167. The molecule has 0 atom stereocenters. The molecule has 0 aliphatic rings. The van der Waals surface area contributed by atoms with Crippen LogP contribution in [0.2, 0.25) is 0 Å². The van der Waals surface area contributed by atoms with Crippen LogP contribution in [-0.4, -0.2) is 23.3 Å². The van der Waals surface area contributed by atoms with Gasteiger partial charge in [0.2, 0.25) is 5.76 Å². The number of carboxylic acids is 1. The molecule has 2 aromatic rings. The first-order valence-electron chi connectivity index (χ1n) is 4.97. The molecule has 2 rings (SSSR count). The van der Waals surface area contributed by atoms with E-state index in [0.717, 1.165) is 11.3 Å². The highest BCUT2D eigenvalue weighted by atomic mass is 16.5. The smallest absolute Gasteiger partial charge is 0.375 e. The van der Waals surface area contributed by atoms with Crippen molar-refractivity contribution >= 4 is 5.97 Å². The van der Waals surface area contributed by atoms with E-state index >= 15 is 0 Å². The van der Waals surface area contributed by atoms with Crippen molar-refractivity contribution in [1.29, 1.82) is 0 Å². The van der Waals surface area contributed by atoms with Gasteiger partial charge in [0, 0.05) is 11.1 Å².